The van der Waals surface area contributed by atoms with Crippen molar-refractivity contribution in [3.05, 3.63) is 89.0 Å². The van der Waals surface area contributed by atoms with E-state index in [4.69, 9.17) is 5.73 Å². The summed E-state index contributed by atoms with van der Waals surface area (Å²) in [5, 5.41) is 5.39. The average Bonchev–Trinajstić information content (AvgIpc) is 3.06. The van der Waals surface area contributed by atoms with E-state index in [9.17, 15) is 18.0 Å². The lowest BCUT2D eigenvalue weighted by atomic mass is 9.99. The fourth-order valence-electron chi connectivity index (χ4n) is 3.90. The molecule has 4 aromatic rings. The Morgan fingerprint density at radius 3 is 2.47 bits per heavy atom. The highest BCUT2D eigenvalue weighted by molar-refractivity contribution is 7.19. The topological polar surface area (TPSA) is 55.1 Å². The van der Waals surface area contributed by atoms with Crippen LogP contribution < -0.4 is 11.1 Å². The number of alkyl halides is 3. The van der Waals surface area contributed by atoms with E-state index in [1.54, 1.807) is 13.0 Å². The Hall–Kier alpha value is -3.32. The van der Waals surface area contributed by atoms with E-state index in [1.165, 1.54) is 6.07 Å². The molecule has 0 aliphatic heterocycles. The predicted octanol–water partition coefficient (Wildman–Crippen LogP) is 6.97. The van der Waals surface area contributed by atoms with Crippen LogP contribution in [0.5, 0.6) is 0 Å². The van der Waals surface area contributed by atoms with E-state index < -0.39 is 11.7 Å². The van der Waals surface area contributed by atoms with Gasteiger partial charge >= 0.3 is 6.18 Å². The monoisotopic (exact) mass is 454 g/mol. The maximum absolute atomic E-state index is 13.1. The number of carbonyl (C=O) groups is 1. The molecule has 0 saturated heterocycles. The van der Waals surface area contributed by atoms with Gasteiger partial charge in [0.1, 0.15) is 0 Å². The summed E-state index contributed by atoms with van der Waals surface area (Å²) in [6.45, 7) is 3.60. The molecular formula is C25H21F3N2OS. The first-order chi connectivity index (χ1) is 15.2. The molecule has 0 aliphatic rings. The van der Waals surface area contributed by atoms with Crippen molar-refractivity contribution in [2.24, 2.45) is 0 Å². The number of halogens is 3. The van der Waals surface area contributed by atoms with Crippen molar-refractivity contribution in [3.8, 4) is 10.4 Å². The summed E-state index contributed by atoms with van der Waals surface area (Å²) in [4.78, 5) is 13.7. The van der Waals surface area contributed by atoms with Gasteiger partial charge in [0.15, 0.2) is 0 Å². The van der Waals surface area contributed by atoms with Crippen LogP contribution in [0.15, 0.2) is 66.7 Å². The highest BCUT2D eigenvalue weighted by Gasteiger charge is 2.31. The van der Waals surface area contributed by atoms with Crippen LogP contribution in [0.3, 0.4) is 0 Å². The van der Waals surface area contributed by atoms with Gasteiger partial charge in [-0.3, -0.25) is 4.79 Å². The highest BCUT2D eigenvalue weighted by Crippen LogP contribution is 2.40. The molecule has 32 heavy (non-hydrogen) atoms. The quantitative estimate of drug-likeness (QED) is 0.350. The summed E-state index contributed by atoms with van der Waals surface area (Å²) in [6.07, 6.45) is -4.44. The Kier molecular flexibility index (Phi) is 5.69. The third-order valence-electron chi connectivity index (χ3n) is 5.49. The lowest BCUT2D eigenvalue weighted by Crippen LogP contribution is -2.27. The number of rotatable bonds is 4. The Morgan fingerprint density at radius 1 is 1.03 bits per heavy atom. The van der Waals surface area contributed by atoms with Crippen LogP contribution in [0.2, 0.25) is 0 Å². The summed E-state index contributed by atoms with van der Waals surface area (Å²) in [5.74, 6) is -0.352. The first-order valence-corrected chi connectivity index (χ1v) is 10.8. The lowest BCUT2D eigenvalue weighted by Gasteiger charge is -2.17. The maximum atomic E-state index is 13.1. The molecule has 0 unspecified atom stereocenters. The first kappa shape index (κ1) is 21.9. The summed E-state index contributed by atoms with van der Waals surface area (Å²) in [7, 11) is 0. The molecule has 3 N–H and O–H groups in total. The van der Waals surface area contributed by atoms with Crippen molar-refractivity contribution in [2.75, 3.05) is 5.73 Å². The molecule has 7 heteroatoms. The number of amides is 1. The zero-order valence-electron chi connectivity index (χ0n) is 17.5. The van der Waals surface area contributed by atoms with Gasteiger partial charge in [0.25, 0.3) is 5.91 Å². The van der Waals surface area contributed by atoms with Crippen molar-refractivity contribution in [2.45, 2.75) is 26.1 Å². The molecule has 1 aromatic heterocycles. The highest BCUT2D eigenvalue weighted by atomic mass is 32.1. The SMILES string of the molecule is Cc1c(-c2cccc(C(F)(F)F)c2)sc(N)c1C(=O)N[C@@H](C)c1cccc2ccccc12. The molecule has 0 radical (unpaired) electrons. The van der Waals surface area contributed by atoms with Gasteiger partial charge in [0.2, 0.25) is 0 Å². The Balaban J connectivity index is 1.65. The van der Waals surface area contributed by atoms with E-state index in [1.807, 2.05) is 49.4 Å². The molecule has 0 saturated carbocycles. The van der Waals surface area contributed by atoms with Crippen molar-refractivity contribution in [3.63, 3.8) is 0 Å². The second-order valence-corrected chi connectivity index (χ2v) is 8.69. The van der Waals surface area contributed by atoms with Crippen molar-refractivity contribution in [1.29, 1.82) is 0 Å². The van der Waals surface area contributed by atoms with Gasteiger partial charge in [-0.05, 0) is 53.4 Å². The smallest absolute Gasteiger partial charge is 0.390 e. The van der Waals surface area contributed by atoms with Gasteiger partial charge in [0, 0.05) is 4.88 Å². The molecular weight excluding hydrogens is 433 g/mol. The zero-order valence-corrected chi connectivity index (χ0v) is 18.3. The summed E-state index contributed by atoms with van der Waals surface area (Å²) in [5.41, 5.74) is 7.63. The third-order valence-corrected chi connectivity index (χ3v) is 6.66. The van der Waals surface area contributed by atoms with E-state index in [2.05, 4.69) is 5.32 Å². The van der Waals surface area contributed by atoms with Crippen LogP contribution >= 0.6 is 11.3 Å². The van der Waals surface area contributed by atoms with Gasteiger partial charge in [-0.25, -0.2) is 0 Å². The number of anilines is 1. The number of thiophene rings is 1. The second-order valence-electron chi connectivity index (χ2n) is 7.64. The van der Waals surface area contributed by atoms with Gasteiger partial charge < -0.3 is 11.1 Å². The molecule has 1 amide bonds. The predicted molar refractivity (Wildman–Crippen MR) is 124 cm³/mol. The van der Waals surface area contributed by atoms with Crippen LogP contribution in [-0.4, -0.2) is 5.91 Å². The Labute approximate surface area is 187 Å². The van der Waals surface area contributed by atoms with Gasteiger partial charge in [0.05, 0.1) is 22.2 Å². The van der Waals surface area contributed by atoms with Crippen LogP contribution in [0.1, 0.15) is 40.0 Å². The van der Waals surface area contributed by atoms with Crippen LogP contribution in [0.25, 0.3) is 21.2 Å². The lowest BCUT2D eigenvalue weighted by molar-refractivity contribution is -0.137. The fourth-order valence-corrected chi connectivity index (χ4v) is 4.97. The van der Waals surface area contributed by atoms with E-state index >= 15 is 0 Å². The third kappa shape index (κ3) is 4.08. The molecule has 1 atom stereocenters. The molecule has 4 rings (SSSR count). The molecule has 3 aromatic carbocycles. The molecule has 164 valence electrons. The minimum Gasteiger partial charge on any atom is -0.390 e. The minimum atomic E-state index is -4.44. The zero-order chi connectivity index (χ0) is 23.0. The number of nitrogen functional groups attached to an aromatic ring is 1. The molecule has 0 spiro atoms. The molecule has 1 heterocycles. The van der Waals surface area contributed by atoms with Crippen LogP contribution in [0.4, 0.5) is 18.2 Å². The number of nitrogens with one attached hydrogen (secondary N) is 1. The van der Waals surface area contributed by atoms with E-state index in [0.717, 1.165) is 39.8 Å². The summed E-state index contributed by atoms with van der Waals surface area (Å²) < 4.78 is 39.4. The number of carbonyl (C=O) groups excluding carboxylic acids is 1. The van der Waals surface area contributed by atoms with E-state index in [-0.39, 0.29) is 17.0 Å². The summed E-state index contributed by atoms with van der Waals surface area (Å²) in [6, 6.07) is 18.6. The maximum Gasteiger partial charge on any atom is 0.416 e. The Morgan fingerprint density at radius 2 is 1.72 bits per heavy atom. The number of benzene rings is 3. The van der Waals surface area contributed by atoms with Gasteiger partial charge in [-0.15, -0.1) is 11.3 Å². The van der Waals surface area contributed by atoms with Crippen molar-refractivity contribution in [1.82, 2.24) is 5.32 Å². The Bertz CT molecular complexity index is 1310. The van der Waals surface area contributed by atoms with E-state index in [0.29, 0.717) is 21.6 Å². The number of fused-ring (bicyclic) bond motifs is 1. The normalized spacial score (nSPS) is 12.7. The average molecular weight is 455 g/mol. The van der Waals surface area contributed by atoms with Crippen molar-refractivity contribution < 1.29 is 18.0 Å². The number of hydrogen-bond donors (Lipinski definition) is 2. The fraction of sp³-hybridized carbons (Fsp3) is 0.160. The van der Waals surface area contributed by atoms with Gasteiger partial charge in [-0.2, -0.15) is 13.2 Å². The largest absolute Gasteiger partial charge is 0.416 e. The number of hydrogen-bond acceptors (Lipinski definition) is 3. The molecule has 0 aliphatic carbocycles. The second kappa shape index (κ2) is 8.31. The minimum absolute atomic E-state index is 0.275. The molecule has 3 nitrogen and oxygen atoms in total. The van der Waals surface area contributed by atoms with Gasteiger partial charge in [-0.1, -0.05) is 54.6 Å². The summed E-state index contributed by atoms with van der Waals surface area (Å²) >= 11 is 1.12. The first-order valence-electron chi connectivity index (χ1n) is 10.0. The molecule has 0 fully saturated rings. The number of nitrogens with two attached hydrogens (primary N) is 1. The van der Waals surface area contributed by atoms with Crippen LogP contribution in [-0.2, 0) is 6.18 Å². The van der Waals surface area contributed by atoms with Crippen molar-refractivity contribution >= 4 is 33.0 Å². The van der Waals surface area contributed by atoms with Crippen LogP contribution in [0, 0.1) is 6.92 Å². The standard InChI is InChI=1S/C25H21F3N2OS/c1-14-21(23(29)32-22(14)17-9-5-10-18(13-17)25(26,27)28)24(31)30-15(2)19-12-6-8-16-7-3-4-11-20(16)19/h3-13,15H,29H2,1-2H3,(H,30,31)/t15-/m0/s1. The molecule has 0 bridgehead atoms.